The molecule has 1 rings (SSSR count). The molecular formula is C8H17O6P. The Kier molecular flexibility index (Phi) is 5.74. The zero-order chi connectivity index (χ0) is 11.1. The minimum atomic E-state index is -4.32. The van der Waals surface area contributed by atoms with Crippen LogP contribution in [0.25, 0.3) is 0 Å². The standard InChI is InChI=1S/C8H17O6P/c9-15(10,11)14-7-3-6-13-8-4-1-2-5-12-8/h8H,1-7H2,(H2,9,10,11). The van der Waals surface area contributed by atoms with Gasteiger partial charge in [-0.2, -0.15) is 0 Å². The maximum atomic E-state index is 10.3. The molecule has 1 saturated heterocycles. The van der Waals surface area contributed by atoms with Gasteiger partial charge in [0.1, 0.15) is 0 Å². The van der Waals surface area contributed by atoms with E-state index in [1.807, 2.05) is 0 Å². The molecule has 0 saturated carbocycles. The van der Waals surface area contributed by atoms with Crippen molar-refractivity contribution < 1.29 is 28.3 Å². The van der Waals surface area contributed by atoms with Crippen LogP contribution < -0.4 is 0 Å². The summed E-state index contributed by atoms with van der Waals surface area (Å²) in [5, 5.41) is 0. The van der Waals surface area contributed by atoms with Crippen molar-refractivity contribution in [2.45, 2.75) is 32.0 Å². The van der Waals surface area contributed by atoms with E-state index in [1.165, 1.54) is 0 Å². The topological polar surface area (TPSA) is 85.2 Å². The highest BCUT2D eigenvalue weighted by molar-refractivity contribution is 7.46. The molecule has 0 radical (unpaired) electrons. The fraction of sp³-hybridized carbons (Fsp3) is 1.00. The molecule has 15 heavy (non-hydrogen) atoms. The molecule has 0 aromatic rings. The highest BCUT2D eigenvalue weighted by Gasteiger charge is 2.15. The molecule has 0 spiro atoms. The lowest BCUT2D eigenvalue weighted by Gasteiger charge is -2.22. The van der Waals surface area contributed by atoms with Gasteiger partial charge in [-0.15, -0.1) is 0 Å². The molecule has 0 aromatic carbocycles. The van der Waals surface area contributed by atoms with Gasteiger partial charge in [-0.05, 0) is 25.7 Å². The molecule has 90 valence electrons. The number of rotatable bonds is 6. The van der Waals surface area contributed by atoms with Crippen molar-refractivity contribution in [1.82, 2.24) is 0 Å². The average Bonchev–Trinajstić information content (AvgIpc) is 2.17. The number of ether oxygens (including phenoxy) is 2. The van der Waals surface area contributed by atoms with Crippen molar-refractivity contribution in [1.29, 1.82) is 0 Å². The van der Waals surface area contributed by atoms with E-state index in [-0.39, 0.29) is 12.9 Å². The normalized spacial score (nSPS) is 22.9. The minimum Gasteiger partial charge on any atom is -0.353 e. The van der Waals surface area contributed by atoms with Crippen LogP contribution >= 0.6 is 7.82 Å². The minimum absolute atomic E-state index is 0.00298. The fourth-order valence-corrected chi connectivity index (χ4v) is 1.67. The monoisotopic (exact) mass is 240 g/mol. The van der Waals surface area contributed by atoms with Crippen LogP contribution in [0.15, 0.2) is 0 Å². The second-order valence-corrected chi connectivity index (χ2v) is 4.58. The first-order valence-corrected chi connectivity index (χ1v) is 6.54. The molecule has 1 unspecified atom stereocenters. The molecule has 2 N–H and O–H groups in total. The average molecular weight is 240 g/mol. The summed E-state index contributed by atoms with van der Waals surface area (Å²) < 4.78 is 25.2. The van der Waals surface area contributed by atoms with Gasteiger partial charge in [-0.3, -0.25) is 4.52 Å². The van der Waals surface area contributed by atoms with E-state index in [9.17, 15) is 4.57 Å². The van der Waals surface area contributed by atoms with Gasteiger partial charge in [-0.25, -0.2) is 4.57 Å². The van der Waals surface area contributed by atoms with Crippen molar-refractivity contribution in [2.24, 2.45) is 0 Å². The van der Waals surface area contributed by atoms with Crippen molar-refractivity contribution in [3.05, 3.63) is 0 Å². The summed E-state index contributed by atoms with van der Waals surface area (Å²) in [6.45, 7) is 1.12. The molecule has 7 heteroatoms. The third-order valence-electron chi connectivity index (χ3n) is 1.99. The Morgan fingerprint density at radius 1 is 1.33 bits per heavy atom. The zero-order valence-electron chi connectivity index (χ0n) is 8.50. The van der Waals surface area contributed by atoms with Crippen LogP contribution in [0.2, 0.25) is 0 Å². The number of hydrogen-bond donors (Lipinski definition) is 2. The molecule has 6 nitrogen and oxygen atoms in total. The van der Waals surface area contributed by atoms with Crippen molar-refractivity contribution in [3.8, 4) is 0 Å². The van der Waals surface area contributed by atoms with Crippen LogP contribution in [0.1, 0.15) is 25.7 Å². The maximum absolute atomic E-state index is 10.3. The Morgan fingerprint density at radius 3 is 2.73 bits per heavy atom. The van der Waals surface area contributed by atoms with E-state index in [0.717, 1.165) is 25.9 Å². The molecule has 1 atom stereocenters. The molecule has 0 aromatic heterocycles. The van der Waals surface area contributed by atoms with Crippen LogP contribution in [0.3, 0.4) is 0 Å². The van der Waals surface area contributed by atoms with Gasteiger partial charge >= 0.3 is 7.82 Å². The second kappa shape index (κ2) is 6.58. The highest BCUT2D eigenvalue weighted by Crippen LogP contribution is 2.35. The van der Waals surface area contributed by atoms with E-state index < -0.39 is 7.82 Å². The summed E-state index contributed by atoms with van der Waals surface area (Å²) >= 11 is 0. The predicted octanol–water partition coefficient (Wildman–Crippen LogP) is 1.03. The van der Waals surface area contributed by atoms with E-state index in [1.54, 1.807) is 0 Å². The van der Waals surface area contributed by atoms with Gasteiger partial charge < -0.3 is 19.3 Å². The predicted molar refractivity (Wildman–Crippen MR) is 52.2 cm³/mol. The summed E-state index contributed by atoms with van der Waals surface area (Å²) in [6, 6.07) is 0. The Balaban J connectivity index is 1.94. The van der Waals surface area contributed by atoms with Gasteiger partial charge in [-0.1, -0.05) is 0 Å². The first-order chi connectivity index (χ1) is 7.08. The van der Waals surface area contributed by atoms with Crippen LogP contribution in [0, 0.1) is 0 Å². The summed E-state index contributed by atoms with van der Waals surface area (Å²) in [7, 11) is -4.32. The molecule has 1 aliphatic heterocycles. The molecule has 0 amide bonds. The number of phosphoric ester groups is 1. The summed E-state index contributed by atoms with van der Waals surface area (Å²) in [5.41, 5.74) is 0. The Labute approximate surface area is 88.8 Å². The van der Waals surface area contributed by atoms with E-state index >= 15 is 0 Å². The van der Waals surface area contributed by atoms with Crippen molar-refractivity contribution in [3.63, 3.8) is 0 Å². The highest BCUT2D eigenvalue weighted by atomic mass is 31.2. The lowest BCUT2D eigenvalue weighted by molar-refractivity contribution is -0.163. The van der Waals surface area contributed by atoms with E-state index in [2.05, 4.69) is 4.52 Å². The molecule has 1 fully saturated rings. The first kappa shape index (κ1) is 13.1. The lowest BCUT2D eigenvalue weighted by Crippen LogP contribution is -2.22. The number of phosphoric acid groups is 1. The molecule has 1 heterocycles. The SMILES string of the molecule is O=P(O)(O)OCCCOC1CCCCO1. The second-order valence-electron chi connectivity index (χ2n) is 3.34. The molecular weight excluding hydrogens is 223 g/mol. The van der Waals surface area contributed by atoms with Gasteiger partial charge in [0.05, 0.1) is 13.2 Å². The quantitative estimate of drug-likeness (QED) is 0.532. The van der Waals surface area contributed by atoms with Crippen molar-refractivity contribution in [2.75, 3.05) is 19.8 Å². The van der Waals surface area contributed by atoms with E-state index in [0.29, 0.717) is 13.0 Å². The van der Waals surface area contributed by atoms with Crippen molar-refractivity contribution >= 4 is 7.82 Å². The van der Waals surface area contributed by atoms with Crippen LogP contribution in [0.4, 0.5) is 0 Å². The lowest BCUT2D eigenvalue weighted by atomic mass is 10.2. The van der Waals surface area contributed by atoms with Gasteiger partial charge in [0.25, 0.3) is 0 Å². The number of hydrogen-bond acceptors (Lipinski definition) is 4. The maximum Gasteiger partial charge on any atom is 0.469 e. The summed E-state index contributed by atoms with van der Waals surface area (Å²) in [6.07, 6.45) is 3.35. The van der Waals surface area contributed by atoms with Gasteiger partial charge in [0.15, 0.2) is 6.29 Å². The molecule has 0 bridgehead atoms. The fourth-order valence-electron chi connectivity index (χ4n) is 1.30. The molecule has 0 aliphatic carbocycles. The Bertz CT molecular complexity index is 209. The Morgan fingerprint density at radius 2 is 2.13 bits per heavy atom. The summed E-state index contributed by atoms with van der Waals surface area (Å²) in [5.74, 6) is 0. The summed E-state index contributed by atoms with van der Waals surface area (Å²) in [4.78, 5) is 16.8. The first-order valence-electron chi connectivity index (χ1n) is 5.01. The Hall–Kier alpha value is 0.0300. The zero-order valence-corrected chi connectivity index (χ0v) is 9.40. The van der Waals surface area contributed by atoms with Gasteiger partial charge in [0, 0.05) is 6.61 Å². The third-order valence-corrected chi connectivity index (χ3v) is 2.51. The van der Waals surface area contributed by atoms with Crippen LogP contribution in [-0.2, 0) is 18.6 Å². The van der Waals surface area contributed by atoms with E-state index in [4.69, 9.17) is 19.3 Å². The van der Waals surface area contributed by atoms with Gasteiger partial charge in [0.2, 0.25) is 0 Å². The largest absolute Gasteiger partial charge is 0.469 e. The third kappa shape index (κ3) is 7.00. The molecule has 1 aliphatic rings. The van der Waals surface area contributed by atoms with Crippen LogP contribution in [-0.4, -0.2) is 35.9 Å². The smallest absolute Gasteiger partial charge is 0.353 e. The van der Waals surface area contributed by atoms with Crippen LogP contribution in [0.5, 0.6) is 0 Å².